The van der Waals surface area contributed by atoms with Gasteiger partial charge < -0.3 is 40.3 Å². The number of aliphatic hydroxyl groups is 5. The normalized spacial score (nSPS) is 19.6. The van der Waals surface area contributed by atoms with Crippen LogP contribution < -0.4 is 5.32 Å². The van der Waals surface area contributed by atoms with Crippen LogP contribution in [0.4, 0.5) is 0 Å². The summed E-state index contributed by atoms with van der Waals surface area (Å²) in [5.41, 5.74) is 0. The van der Waals surface area contributed by atoms with E-state index < -0.39 is 49.5 Å². The molecular weight excluding hydrogens is 911 g/mol. The molecular formula is C64H115NO8. The number of unbranched alkanes of at least 4 members (excludes halogenated alkanes) is 30. The molecule has 0 bridgehead atoms. The van der Waals surface area contributed by atoms with Crippen molar-refractivity contribution in [2.24, 2.45) is 0 Å². The third-order valence-electron chi connectivity index (χ3n) is 14.3. The number of carbonyl (C=O) groups is 1. The minimum Gasteiger partial charge on any atom is -0.394 e. The largest absolute Gasteiger partial charge is 0.394 e. The van der Waals surface area contributed by atoms with E-state index in [0.29, 0.717) is 12.8 Å². The van der Waals surface area contributed by atoms with Crippen LogP contribution in [-0.2, 0) is 14.3 Å². The highest BCUT2D eigenvalue weighted by atomic mass is 16.7. The van der Waals surface area contributed by atoms with Crippen LogP contribution in [0.25, 0.3) is 0 Å². The van der Waals surface area contributed by atoms with Crippen LogP contribution in [0.5, 0.6) is 0 Å². The average Bonchev–Trinajstić information content (AvgIpc) is 3.39. The first-order chi connectivity index (χ1) is 35.8. The molecule has 0 aliphatic carbocycles. The van der Waals surface area contributed by atoms with Gasteiger partial charge in [0.05, 0.1) is 25.4 Å². The topological polar surface area (TPSA) is 149 Å². The van der Waals surface area contributed by atoms with E-state index in [4.69, 9.17) is 9.47 Å². The first-order valence-corrected chi connectivity index (χ1v) is 30.6. The molecule has 0 radical (unpaired) electrons. The Kier molecular flexibility index (Phi) is 49.9. The number of nitrogens with one attached hydrogen (secondary N) is 1. The smallest absolute Gasteiger partial charge is 0.220 e. The summed E-state index contributed by atoms with van der Waals surface area (Å²) in [7, 11) is 0. The number of hydrogen-bond acceptors (Lipinski definition) is 8. The van der Waals surface area contributed by atoms with Crippen molar-refractivity contribution in [2.45, 2.75) is 314 Å². The molecule has 0 spiro atoms. The third kappa shape index (κ3) is 42.4. The quantitative estimate of drug-likeness (QED) is 0.0261. The Morgan fingerprint density at radius 1 is 0.479 bits per heavy atom. The summed E-state index contributed by atoms with van der Waals surface area (Å²) in [6, 6.07) is -0.733. The van der Waals surface area contributed by atoms with Crippen LogP contribution in [-0.4, -0.2) is 87.5 Å². The van der Waals surface area contributed by atoms with Crippen LogP contribution >= 0.6 is 0 Å². The predicted octanol–water partition coefficient (Wildman–Crippen LogP) is 15.6. The molecule has 9 heteroatoms. The van der Waals surface area contributed by atoms with Crippen molar-refractivity contribution >= 4 is 5.91 Å². The van der Waals surface area contributed by atoms with Gasteiger partial charge in [-0.2, -0.15) is 0 Å². The second-order valence-electron chi connectivity index (χ2n) is 21.1. The summed E-state index contributed by atoms with van der Waals surface area (Å²) >= 11 is 0. The summed E-state index contributed by atoms with van der Waals surface area (Å²) in [6.45, 7) is 3.74. The van der Waals surface area contributed by atoms with Gasteiger partial charge in [0.25, 0.3) is 0 Å². The minimum absolute atomic E-state index is 0.147. The standard InChI is InChI=1S/C64H115NO8/c1-3-5-7-9-11-13-15-17-19-21-23-25-27-29-31-33-35-37-39-41-43-45-47-49-51-53-58(67)57(56-72-64-63(71)62(70)61(69)59(55-66)73-64)65-60(68)54-52-50-48-46-44-42-40-38-36-34-32-30-28-26-24-22-20-18-16-14-12-10-8-6-4-2/h6,8,12,14,18,20,24,26,30,32,36,38,57-59,61-64,66-67,69-71H,3-5,7,9-11,13,15-17,19,21-23,25,27-29,31,33-35,37,39-56H2,1-2H3,(H,65,68)/b8-6-,14-12-,20-18-,26-24-,32-30-,38-36-. The highest BCUT2D eigenvalue weighted by Gasteiger charge is 2.44. The van der Waals surface area contributed by atoms with E-state index in [1.807, 2.05) is 0 Å². The van der Waals surface area contributed by atoms with Crippen LogP contribution in [0.15, 0.2) is 72.9 Å². The number of allylic oxidation sites excluding steroid dienone is 12. The molecule has 424 valence electrons. The van der Waals surface area contributed by atoms with Crippen molar-refractivity contribution in [1.29, 1.82) is 0 Å². The van der Waals surface area contributed by atoms with E-state index in [-0.39, 0.29) is 12.5 Å². The molecule has 0 aromatic heterocycles. The first kappa shape index (κ1) is 68.6. The van der Waals surface area contributed by atoms with Gasteiger partial charge in [-0.1, -0.05) is 273 Å². The van der Waals surface area contributed by atoms with Gasteiger partial charge in [-0.25, -0.2) is 0 Å². The van der Waals surface area contributed by atoms with Crippen molar-refractivity contribution < 1.29 is 39.8 Å². The van der Waals surface area contributed by atoms with Crippen molar-refractivity contribution in [3.8, 4) is 0 Å². The lowest BCUT2D eigenvalue weighted by Gasteiger charge is -2.40. The fourth-order valence-electron chi connectivity index (χ4n) is 9.52. The summed E-state index contributed by atoms with van der Waals surface area (Å²) in [6.07, 6.45) is 66.4. The number of aliphatic hydroxyl groups excluding tert-OH is 5. The Bertz CT molecular complexity index is 1380. The highest BCUT2D eigenvalue weighted by Crippen LogP contribution is 2.23. The van der Waals surface area contributed by atoms with Gasteiger partial charge in [-0.15, -0.1) is 0 Å². The minimum atomic E-state index is -1.56. The second-order valence-corrected chi connectivity index (χ2v) is 21.1. The zero-order chi connectivity index (χ0) is 52.9. The van der Waals surface area contributed by atoms with Crippen molar-refractivity contribution in [1.82, 2.24) is 5.32 Å². The maximum Gasteiger partial charge on any atom is 0.220 e. The van der Waals surface area contributed by atoms with Crippen molar-refractivity contribution in [3.63, 3.8) is 0 Å². The molecule has 1 aliphatic heterocycles. The lowest BCUT2D eigenvalue weighted by atomic mass is 9.99. The van der Waals surface area contributed by atoms with E-state index in [9.17, 15) is 30.3 Å². The van der Waals surface area contributed by atoms with E-state index >= 15 is 0 Å². The van der Waals surface area contributed by atoms with Gasteiger partial charge in [0.15, 0.2) is 6.29 Å². The Morgan fingerprint density at radius 3 is 1.26 bits per heavy atom. The van der Waals surface area contributed by atoms with Crippen LogP contribution in [0.3, 0.4) is 0 Å². The van der Waals surface area contributed by atoms with Crippen LogP contribution in [0, 0.1) is 0 Å². The van der Waals surface area contributed by atoms with E-state index in [1.165, 1.54) is 148 Å². The van der Waals surface area contributed by atoms with Gasteiger partial charge in [0, 0.05) is 6.42 Å². The van der Waals surface area contributed by atoms with Gasteiger partial charge in [0.1, 0.15) is 24.4 Å². The maximum absolute atomic E-state index is 13.1. The summed E-state index contributed by atoms with van der Waals surface area (Å²) in [5, 5.41) is 54.8. The average molecular weight is 1030 g/mol. The molecule has 9 nitrogen and oxygen atoms in total. The van der Waals surface area contributed by atoms with Gasteiger partial charge in [0.2, 0.25) is 5.91 Å². The Labute approximate surface area is 448 Å². The zero-order valence-corrected chi connectivity index (χ0v) is 47.1. The molecule has 1 amide bonds. The number of hydrogen-bond donors (Lipinski definition) is 6. The fourth-order valence-corrected chi connectivity index (χ4v) is 9.52. The summed E-state index contributed by atoms with van der Waals surface area (Å²) in [5.74, 6) is -0.158. The Hall–Kier alpha value is -2.37. The molecule has 0 saturated carbocycles. The number of amides is 1. The van der Waals surface area contributed by atoms with Gasteiger partial charge in [-0.05, 0) is 64.2 Å². The maximum atomic E-state index is 13.1. The second kappa shape index (κ2) is 53.0. The molecule has 1 aliphatic rings. The van der Waals surface area contributed by atoms with Gasteiger partial charge in [-0.3, -0.25) is 4.79 Å². The first-order valence-electron chi connectivity index (χ1n) is 30.6. The third-order valence-corrected chi connectivity index (χ3v) is 14.3. The molecule has 1 fully saturated rings. The number of carbonyl (C=O) groups excluding carboxylic acids is 1. The SMILES string of the molecule is CC/C=C\C/C=C\C/C=C\C/C=C\C/C=C\C/C=C\CCCCCCCCC(=O)NC(COC1OC(CO)C(O)C(O)C1O)C(O)CCCCCCCCCCCCCCCCCCCCCCCCCCC. The van der Waals surface area contributed by atoms with E-state index in [2.05, 4.69) is 92.1 Å². The molecule has 6 N–H and O–H groups in total. The lowest BCUT2D eigenvalue weighted by Crippen LogP contribution is -2.60. The Morgan fingerprint density at radius 2 is 0.849 bits per heavy atom. The monoisotopic (exact) mass is 1030 g/mol. The van der Waals surface area contributed by atoms with Crippen molar-refractivity contribution in [3.05, 3.63) is 72.9 Å². The highest BCUT2D eigenvalue weighted by molar-refractivity contribution is 5.76. The van der Waals surface area contributed by atoms with Crippen molar-refractivity contribution in [2.75, 3.05) is 13.2 Å². The zero-order valence-electron chi connectivity index (χ0n) is 47.1. The molecule has 0 aromatic carbocycles. The fraction of sp³-hybridized carbons (Fsp3) is 0.797. The molecule has 7 atom stereocenters. The summed E-state index contributed by atoms with van der Waals surface area (Å²) < 4.78 is 11.3. The number of rotatable bonds is 52. The molecule has 73 heavy (non-hydrogen) atoms. The molecule has 1 saturated heterocycles. The molecule has 7 unspecified atom stereocenters. The molecule has 0 aromatic rings. The number of ether oxygens (including phenoxy) is 2. The molecule has 1 heterocycles. The lowest BCUT2D eigenvalue weighted by molar-refractivity contribution is -0.302. The van der Waals surface area contributed by atoms with Crippen LogP contribution in [0.1, 0.15) is 271 Å². The van der Waals surface area contributed by atoms with E-state index in [1.54, 1.807) is 0 Å². The van der Waals surface area contributed by atoms with E-state index in [0.717, 1.165) is 96.3 Å². The Balaban J connectivity index is 2.21. The molecule has 1 rings (SSSR count). The van der Waals surface area contributed by atoms with Gasteiger partial charge >= 0.3 is 0 Å². The van der Waals surface area contributed by atoms with Crippen LogP contribution in [0.2, 0.25) is 0 Å². The predicted molar refractivity (Wildman–Crippen MR) is 309 cm³/mol. The summed E-state index contributed by atoms with van der Waals surface area (Å²) in [4.78, 5) is 13.1.